The number of hydrogen-bond acceptors (Lipinski definition) is 2. The Labute approximate surface area is 113 Å². The number of halogens is 3. The normalized spacial score (nSPS) is 12.0. The first kappa shape index (κ1) is 14.4. The van der Waals surface area contributed by atoms with E-state index in [2.05, 4.69) is 0 Å². The number of fused-ring (bicyclic) bond motifs is 1. The molecule has 0 saturated heterocycles. The van der Waals surface area contributed by atoms with Crippen LogP contribution in [0.1, 0.15) is 25.3 Å². The van der Waals surface area contributed by atoms with E-state index in [4.69, 9.17) is 0 Å². The van der Waals surface area contributed by atoms with Gasteiger partial charge >= 0.3 is 6.18 Å². The third kappa shape index (κ3) is 2.61. The van der Waals surface area contributed by atoms with Gasteiger partial charge in [0, 0.05) is 24.2 Å². The predicted octanol–water partition coefficient (Wildman–Crippen LogP) is 4.37. The molecule has 1 heterocycles. The van der Waals surface area contributed by atoms with Crippen molar-refractivity contribution in [1.82, 2.24) is 4.57 Å². The van der Waals surface area contributed by atoms with Crippen LogP contribution in [0.4, 0.5) is 18.9 Å². The standard InChI is InChI=1S/C13H13F3N2O2/c1-2-3-5-17-6-4-9-7-10(13(14,15)16)12(18(19)20)8-11(9)17/h4,6-8H,2-3,5H2,1H3. The fraction of sp³-hybridized carbons (Fsp3) is 0.385. The van der Waals surface area contributed by atoms with Crippen molar-refractivity contribution in [3.63, 3.8) is 0 Å². The number of hydrogen-bond donors (Lipinski definition) is 0. The Kier molecular flexibility index (Phi) is 3.69. The fourth-order valence-electron chi connectivity index (χ4n) is 2.13. The highest BCUT2D eigenvalue weighted by molar-refractivity contribution is 5.84. The van der Waals surface area contributed by atoms with Crippen LogP contribution in [0.3, 0.4) is 0 Å². The number of nitrogens with zero attached hydrogens (tertiary/aromatic N) is 2. The van der Waals surface area contributed by atoms with Crippen LogP contribution in [0.25, 0.3) is 10.9 Å². The average Bonchev–Trinajstić information content (AvgIpc) is 2.76. The van der Waals surface area contributed by atoms with Crippen LogP contribution in [-0.4, -0.2) is 9.49 Å². The van der Waals surface area contributed by atoms with Crippen molar-refractivity contribution in [2.75, 3.05) is 0 Å². The minimum Gasteiger partial charge on any atom is -0.347 e. The monoisotopic (exact) mass is 286 g/mol. The second kappa shape index (κ2) is 5.15. The summed E-state index contributed by atoms with van der Waals surface area (Å²) in [7, 11) is 0. The highest BCUT2D eigenvalue weighted by Crippen LogP contribution is 2.38. The number of nitro groups is 1. The molecule has 0 saturated carbocycles. The summed E-state index contributed by atoms with van der Waals surface area (Å²) in [4.78, 5) is 9.87. The summed E-state index contributed by atoms with van der Waals surface area (Å²) in [5.41, 5.74) is -1.65. The number of unbranched alkanes of at least 4 members (excludes halogenated alkanes) is 1. The van der Waals surface area contributed by atoms with Gasteiger partial charge in [-0.25, -0.2) is 0 Å². The van der Waals surface area contributed by atoms with Gasteiger partial charge in [-0.3, -0.25) is 10.1 Å². The van der Waals surface area contributed by atoms with Crippen LogP contribution in [0, 0.1) is 10.1 Å². The molecule has 0 aliphatic heterocycles. The number of aryl methyl sites for hydroxylation is 1. The van der Waals surface area contributed by atoms with Crippen LogP contribution >= 0.6 is 0 Å². The average molecular weight is 286 g/mol. The minimum atomic E-state index is -4.73. The molecule has 0 amide bonds. The van der Waals surface area contributed by atoms with Crippen molar-refractivity contribution in [3.8, 4) is 0 Å². The highest BCUT2D eigenvalue weighted by atomic mass is 19.4. The quantitative estimate of drug-likeness (QED) is 0.619. The van der Waals surface area contributed by atoms with Gasteiger partial charge in [0.2, 0.25) is 0 Å². The summed E-state index contributed by atoms with van der Waals surface area (Å²) in [6.45, 7) is 2.62. The third-order valence-corrected chi connectivity index (χ3v) is 3.14. The zero-order valence-corrected chi connectivity index (χ0v) is 10.8. The maximum atomic E-state index is 12.8. The first-order valence-electron chi connectivity index (χ1n) is 6.19. The SMILES string of the molecule is CCCCn1ccc2cc(C(F)(F)F)c([N+](=O)[O-])cc21. The molecule has 2 rings (SSSR count). The lowest BCUT2D eigenvalue weighted by Gasteiger charge is -2.09. The van der Waals surface area contributed by atoms with E-state index < -0.39 is 22.4 Å². The maximum Gasteiger partial charge on any atom is 0.423 e. The van der Waals surface area contributed by atoms with Crippen LogP contribution in [0.5, 0.6) is 0 Å². The van der Waals surface area contributed by atoms with Crippen LogP contribution < -0.4 is 0 Å². The number of aromatic nitrogens is 1. The Bertz CT molecular complexity index is 647. The van der Waals surface area contributed by atoms with E-state index in [-0.39, 0.29) is 0 Å². The Morgan fingerprint density at radius 3 is 2.60 bits per heavy atom. The third-order valence-electron chi connectivity index (χ3n) is 3.14. The molecule has 0 N–H and O–H groups in total. The minimum absolute atomic E-state index is 0.360. The van der Waals surface area contributed by atoms with Gasteiger partial charge in [-0.15, -0.1) is 0 Å². The zero-order valence-electron chi connectivity index (χ0n) is 10.8. The molecular weight excluding hydrogens is 273 g/mol. The molecule has 0 bridgehead atoms. The molecule has 1 aromatic heterocycles. The van der Waals surface area contributed by atoms with Crippen molar-refractivity contribution in [3.05, 3.63) is 40.1 Å². The molecule has 0 fully saturated rings. The van der Waals surface area contributed by atoms with Gasteiger partial charge < -0.3 is 4.57 Å². The van der Waals surface area contributed by atoms with Crippen LogP contribution in [0.15, 0.2) is 24.4 Å². The second-order valence-electron chi connectivity index (χ2n) is 4.55. The summed E-state index contributed by atoms with van der Waals surface area (Å²) in [5, 5.41) is 11.2. The van der Waals surface area contributed by atoms with Crippen molar-refractivity contribution in [2.45, 2.75) is 32.5 Å². The molecule has 108 valence electrons. The highest BCUT2D eigenvalue weighted by Gasteiger charge is 2.38. The Hall–Kier alpha value is -2.05. The van der Waals surface area contributed by atoms with Gasteiger partial charge in [-0.2, -0.15) is 13.2 Å². The maximum absolute atomic E-state index is 12.8. The van der Waals surface area contributed by atoms with Crippen LogP contribution in [0.2, 0.25) is 0 Å². The van der Waals surface area contributed by atoms with E-state index >= 15 is 0 Å². The lowest BCUT2D eigenvalue weighted by molar-refractivity contribution is -0.387. The Morgan fingerprint density at radius 2 is 2.05 bits per heavy atom. The summed E-state index contributed by atoms with van der Waals surface area (Å²) >= 11 is 0. The number of benzene rings is 1. The predicted molar refractivity (Wildman–Crippen MR) is 68.5 cm³/mol. The van der Waals surface area contributed by atoms with Gasteiger partial charge in [-0.1, -0.05) is 13.3 Å². The molecule has 0 aliphatic rings. The van der Waals surface area contributed by atoms with Crippen molar-refractivity contribution < 1.29 is 18.1 Å². The summed E-state index contributed by atoms with van der Waals surface area (Å²) < 4.78 is 40.2. The second-order valence-corrected chi connectivity index (χ2v) is 4.55. The van der Waals surface area contributed by atoms with Crippen LogP contribution in [-0.2, 0) is 12.7 Å². The molecule has 0 spiro atoms. The first-order valence-corrected chi connectivity index (χ1v) is 6.19. The van der Waals surface area contributed by atoms with Crippen molar-refractivity contribution in [2.24, 2.45) is 0 Å². The van der Waals surface area contributed by atoms with Gasteiger partial charge in [0.15, 0.2) is 0 Å². The van der Waals surface area contributed by atoms with E-state index in [1.807, 2.05) is 6.92 Å². The van der Waals surface area contributed by atoms with Crippen molar-refractivity contribution in [1.29, 1.82) is 0 Å². The molecule has 7 heteroatoms. The van der Waals surface area contributed by atoms with E-state index in [1.54, 1.807) is 16.8 Å². The van der Waals surface area contributed by atoms with E-state index in [9.17, 15) is 23.3 Å². The number of rotatable bonds is 4. The van der Waals surface area contributed by atoms with E-state index in [1.165, 1.54) is 0 Å². The Morgan fingerprint density at radius 1 is 1.35 bits per heavy atom. The molecular formula is C13H13F3N2O2. The number of nitro benzene ring substituents is 1. The lowest BCUT2D eigenvalue weighted by atomic mass is 10.1. The van der Waals surface area contributed by atoms with Gasteiger partial charge in [0.25, 0.3) is 5.69 Å². The molecule has 0 aliphatic carbocycles. The smallest absolute Gasteiger partial charge is 0.347 e. The molecule has 0 radical (unpaired) electrons. The molecule has 4 nitrogen and oxygen atoms in total. The fourth-order valence-corrected chi connectivity index (χ4v) is 2.13. The van der Waals surface area contributed by atoms with E-state index in [0.717, 1.165) is 25.0 Å². The molecule has 0 unspecified atom stereocenters. The molecule has 2 aromatic rings. The van der Waals surface area contributed by atoms with E-state index in [0.29, 0.717) is 17.4 Å². The van der Waals surface area contributed by atoms with Gasteiger partial charge in [0.05, 0.1) is 10.4 Å². The Balaban J connectivity index is 2.61. The first-order chi connectivity index (χ1) is 9.34. The largest absolute Gasteiger partial charge is 0.423 e. The van der Waals surface area contributed by atoms with Gasteiger partial charge in [-0.05, 0) is 18.6 Å². The molecule has 20 heavy (non-hydrogen) atoms. The van der Waals surface area contributed by atoms with Crippen molar-refractivity contribution >= 4 is 16.6 Å². The zero-order chi connectivity index (χ0) is 14.9. The molecule has 0 atom stereocenters. The summed E-state index contributed by atoms with van der Waals surface area (Å²) in [6.07, 6.45) is -1.28. The van der Waals surface area contributed by atoms with Gasteiger partial charge in [0.1, 0.15) is 5.56 Å². The number of alkyl halides is 3. The lowest BCUT2D eigenvalue weighted by Crippen LogP contribution is -2.09. The molecule has 1 aromatic carbocycles. The topological polar surface area (TPSA) is 48.1 Å². The summed E-state index contributed by atoms with van der Waals surface area (Å²) in [6, 6.07) is 3.40. The summed E-state index contributed by atoms with van der Waals surface area (Å²) in [5.74, 6) is 0.